The summed E-state index contributed by atoms with van der Waals surface area (Å²) >= 11 is 5.11. The Labute approximate surface area is 232 Å². The number of anilines is 1. The van der Waals surface area contributed by atoms with Gasteiger partial charge in [0.2, 0.25) is 0 Å². The molecule has 2 aliphatic heterocycles. The number of thioether (sulfide) groups is 2. The van der Waals surface area contributed by atoms with E-state index in [9.17, 15) is 19.5 Å². The number of thiazole rings is 2. The zero-order valence-electron chi connectivity index (χ0n) is 17.8. The van der Waals surface area contributed by atoms with Crippen molar-refractivity contribution < 1.29 is 53.9 Å². The standard InChI is InChI=1S/C18H16N6O5S4.Na/c1-29-23-11(9-5-32-18(19)21-9)14(25)22-12-15(26)24-13(17(27)28)10(6-31-16(12)24)30-3-2-8-4-20-7-33-8;/h2-5,7,12,16H,6H2,1H3,(H2,19,21)(H,22,25)(H,27,28);/q;+1/p-1/b3-2-,23-11-;/t12-,16-;/m1./s1. The zero-order valence-corrected chi connectivity index (χ0v) is 23.1. The van der Waals surface area contributed by atoms with E-state index in [0.717, 1.165) is 21.1 Å². The van der Waals surface area contributed by atoms with Crippen LogP contribution in [0.25, 0.3) is 6.08 Å². The molecule has 2 aliphatic rings. The Morgan fingerprint density at radius 1 is 1.44 bits per heavy atom. The number of carbonyl (C=O) groups excluding carboxylic acids is 3. The number of aromatic nitrogens is 2. The van der Waals surface area contributed by atoms with Crippen LogP contribution >= 0.6 is 46.2 Å². The maximum atomic E-state index is 12.8. The third-order valence-corrected chi connectivity index (χ3v) is 8.24. The maximum Gasteiger partial charge on any atom is 1.00 e. The normalized spacial score (nSPS) is 20.0. The van der Waals surface area contributed by atoms with Crippen LogP contribution in [0, 0.1) is 0 Å². The van der Waals surface area contributed by atoms with Crippen LogP contribution in [0.5, 0.6) is 0 Å². The number of nitrogens with zero attached hydrogens (tertiary/aromatic N) is 4. The summed E-state index contributed by atoms with van der Waals surface area (Å²) in [6, 6.07) is -0.936. The van der Waals surface area contributed by atoms with Crippen molar-refractivity contribution in [1.82, 2.24) is 20.2 Å². The van der Waals surface area contributed by atoms with Crippen molar-refractivity contribution in [3.63, 3.8) is 0 Å². The van der Waals surface area contributed by atoms with Gasteiger partial charge in [-0.25, -0.2) is 4.98 Å². The minimum Gasteiger partial charge on any atom is -0.543 e. The van der Waals surface area contributed by atoms with E-state index in [1.54, 1.807) is 17.1 Å². The van der Waals surface area contributed by atoms with E-state index < -0.39 is 29.2 Å². The molecule has 0 unspecified atom stereocenters. The van der Waals surface area contributed by atoms with Gasteiger partial charge >= 0.3 is 29.6 Å². The van der Waals surface area contributed by atoms with Crippen LogP contribution < -0.4 is 45.7 Å². The average Bonchev–Trinajstić information content (AvgIpc) is 3.46. The molecule has 0 bridgehead atoms. The van der Waals surface area contributed by atoms with Crippen molar-refractivity contribution in [3.05, 3.63) is 43.7 Å². The fraction of sp³-hybridized carbons (Fsp3) is 0.222. The molecule has 11 nitrogen and oxygen atoms in total. The number of carboxylic acids is 1. The molecular weight excluding hydrogens is 531 g/mol. The quantitative estimate of drug-likeness (QED) is 0.154. The van der Waals surface area contributed by atoms with Gasteiger partial charge in [0.05, 0.1) is 17.2 Å². The summed E-state index contributed by atoms with van der Waals surface area (Å²) < 4.78 is 0. The van der Waals surface area contributed by atoms with E-state index in [1.807, 2.05) is 6.08 Å². The summed E-state index contributed by atoms with van der Waals surface area (Å²) in [7, 11) is 1.27. The minimum atomic E-state index is -1.45. The molecule has 0 aromatic carbocycles. The number of hydrogen-bond acceptors (Lipinski definition) is 13. The van der Waals surface area contributed by atoms with E-state index in [2.05, 4.69) is 20.4 Å². The summed E-state index contributed by atoms with van der Waals surface area (Å²) in [6.45, 7) is 0. The summed E-state index contributed by atoms with van der Waals surface area (Å²) in [4.78, 5) is 52.7. The van der Waals surface area contributed by atoms with Gasteiger partial charge < -0.3 is 25.8 Å². The number of nitrogens with two attached hydrogens (primary N) is 1. The van der Waals surface area contributed by atoms with Gasteiger partial charge in [0.15, 0.2) is 10.8 Å². The molecule has 2 aromatic heterocycles. The summed E-state index contributed by atoms with van der Waals surface area (Å²) in [6.07, 6.45) is 3.50. The van der Waals surface area contributed by atoms with Crippen LogP contribution in [-0.2, 0) is 19.2 Å². The molecule has 1 saturated heterocycles. The first-order chi connectivity index (χ1) is 15.9. The first kappa shape index (κ1) is 26.7. The Morgan fingerprint density at radius 2 is 2.24 bits per heavy atom. The average molecular weight is 547 g/mol. The van der Waals surface area contributed by atoms with Gasteiger partial charge in [0.25, 0.3) is 11.8 Å². The Bertz CT molecular complexity index is 1180. The number of nitrogens with one attached hydrogen (secondary N) is 1. The van der Waals surface area contributed by atoms with Gasteiger partial charge in [-0.2, -0.15) is 0 Å². The number of β-lactam (4-membered cyclic amide) rings is 1. The second kappa shape index (κ2) is 11.7. The monoisotopic (exact) mass is 546 g/mol. The first-order valence-electron chi connectivity index (χ1n) is 9.15. The van der Waals surface area contributed by atoms with E-state index in [4.69, 9.17) is 10.6 Å². The van der Waals surface area contributed by atoms with E-state index in [1.165, 1.54) is 47.4 Å². The van der Waals surface area contributed by atoms with Crippen LogP contribution in [0.1, 0.15) is 10.6 Å². The Kier molecular flexibility index (Phi) is 9.20. The van der Waals surface area contributed by atoms with Crippen molar-refractivity contribution in [3.8, 4) is 0 Å². The van der Waals surface area contributed by atoms with Crippen LogP contribution in [-0.4, -0.2) is 62.6 Å². The number of rotatable bonds is 8. The molecule has 3 N–H and O–H groups in total. The molecule has 0 radical (unpaired) electrons. The predicted molar refractivity (Wildman–Crippen MR) is 126 cm³/mol. The zero-order chi connectivity index (χ0) is 23.5. The van der Waals surface area contributed by atoms with Gasteiger partial charge in [0, 0.05) is 27.1 Å². The van der Waals surface area contributed by atoms with E-state index >= 15 is 0 Å². The topological polar surface area (TPSA) is 163 Å². The minimum absolute atomic E-state index is 0. The summed E-state index contributed by atoms with van der Waals surface area (Å²) in [5.41, 5.74) is 7.19. The molecule has 4 rings (SSSR count). The van der Waals surface area contributed by atoms with Crippen LogP contribution in [0.2, 0.25) is 0 Å². The van der Waals surface area contributed by atoms with Crippen molar-refractivity contribution in [2.45, 2.75) is 11.4 Å². The molecular formula is C18H15N6NaO5S4. The molecule has 34 heavy (non-hydrogen) atoms. The van der Waals surface area contributed by atoms with E-state index in [-0.39, 0.29) is 51.8 Å². The maximum absolute atomic E-state index is 12.8. The van der Waals surface area contributed by atoms with Gasteiger partial charge in [-0.3, -0.25) is 19.5 Å². The largest absolute Gasteiger partial charge is 1.00 e. The number of amides is 2. The Hall–Kier alpha value is -1.88. The van der Waals surface area contributed by atoms with Gasteiger partial charge in [-0.15, -0.1) is 34.4 Å². The molecule has 0 spiro atoms. The second-order valence-corrected chi connectivity index (χ2v) is 10.4. The number of carboxylic acid groups (broad SMARTS) is 1. The second-order valence-electron chi connectivity index (χ2n) is 6.44. The molecule has 2 aromatic rings. The molecule has 0 aliphatic carbocycles. The predicted octanol–water partition coefficient (Wildman–Crippen LogP) is -2.70. The van der Waals surface area contributed by atoms with Crippen molar-refractivity contribution in [2.24, 2.45) is 5.16 Å². The number of carbonyl (C=O) groups is 3. The van der Waals surface area contributed by atoms with Crippen molar-refractivity contribution >= 4 is 80.9 Å². The summed E-state index contributed by atoms with van der Waals surface area (Å²) in [5, 5.41) is 21.1. The third-order valence-electron chi connectivity index (χ3n) is 4.47. The molecule has 172 valence electrons. The number of aliphatic carboxylic acids is 1. The smallest absolute Gasteiger partial charge is 0.543 e. The van der Waals surface area contributed by atoms with E-state index in [0.29, 0.717) is 10.7 Å². The van der Waals surface area contributed by atoms with Gasteiger partial charge in [-0.05, 0) is 11.5 Å². The number of nitrogen functional groups attached to an aromatic ring is 1. The number of hydrogen-bond donors (Lipinski definition) is 2. The molecule has 2 amide bonds. The molecule has 0 saturated carbocycles. The van der Waals surface area contributed by atoms with Crippen LogP contribution in [0.15, 0.2) is 38.3 Å². The van der Waals surface area contributed by atoms with Gasteiger partial charge in [0.1, 0.15) is 24.2 Å². The SMILES string of the molecule is CO/N=C(\C(=O)N[C@@H]1C(=O)N2C(C(=O)[O-])=C(S/C=C\c3cncs3)CS[C@H]12)c1csc(N)n1.[Na+]. The third kappa shape index (κ3) is 5.50. The molecule has 16 heteroatoms. The first-order valence-corrected chi connectivity index (χ1v) is 12.8. The van der Waals surface area contributed by atoms with Crippen molar-refractivity contribution in [2.75, 3.05) is 18.6 Å². The Morgan fingerprint density at radius 3 is 2.85 bits per heavy atom. The van der Waals surface area contributed by atoms with Crippen molar-refractivity contribution in [1.29, 1.82) is 0 Å². The molecule has 4 heterocycles. The van der Waals surface area contributed by atoms with Crippen LogP contribution in [0.4, 0.5) is 5.13 Å². The summed E-state index contributed by atoms with van der Waals surface area (Å²) in [5.74, 6) is -2.36. The fourth-order valence-corrected chi connectivity index (χ4v) is 6.55. The fourth-order valence-electron chi connectivity index (χ4n) is 3.06. The number of oxime groups is 1. The van der Waals surface area contributed by atoms with Gasteiger partial charge in [-0.1, -0.05) is 16.9 Å². The number of fused-ring (bicyclic) bond motifs is 1. The molecule has 2 atom stereocenters. The van der Waals surface area contributed by atoms with Crippen LogP contribution in [0.3, 0.4) is 0 Å². The Balaban J connectivity index is 0.00000324. The molecule has 1 fully saturated rings.